The van der Waals surface area contributed by atoms with Crippen LogP contribution in [0.1, 0.15) is 207 Å². The van der Waals surface area contributed by atoms with Crippen molar-refractivity contribution in [3.05, 3.63) is 24.3 Å². The Morgan fingerprint density at radius 2 is 1.04 bits per heavy atom. The van der Waals surface area contributed by atoms with Gasteiger partial charge in [-0.25, -0.2) is 8.42 Å². The van der Waals surface area contributed by atoms with Gasteiger partial charge in [-0.15, -0.1) is 0 Å². The van der Waals surface area contributed by atoms with Crippen molar-refractivity contribution in [1.82, 2.24) is 10.6 Å². The fourth-order valence-electron chi connectivity index (χ4n) is 6.20. The first-order chi connectivity index (χ1) is 25.2. The van der Waals surface area contributed by atoms with E-state index >= 15 is 0 Å². The van der Waals surface area contributed by atoms with Crippen molar-refractivity contribution in [1.29, 1.82) is 0 Å². The summed E-state index contributed by atoms with van der Waals surface area (Å²) in [6.07, 6.45) is 47.9. The first-order valence-electron chi connectivity index (χ1n) is 21.6. The highest BCUT2D eigenvalue weighted by Gasteiger charge is 2.18. The minimum atomic E-state index is -4.41. The van der Waals surface area contributed by atoms with Crippen molar-refractivity contribution in [2.75, 3.05) is 33.8 Å². The zero-order chi connectivity index (χ0) is 38.8. The first-order valence-corrected chi connectivity index (χ1v) is 23.0. The monoisotopic (exact) mass is 756 g/mol. The van der Waals surface area contributed by atoms with Gasteiger partial charge in [-0.05, 0) is 71.1 Å². The topological polar surface area (TPSA) is 111 Å². The van der Waals surface area contributed by atoms with Crippen LogP contribution in [0.25, 0.3) is 0 Å². The number of carbonyl (C=O) groups is 1. The molecule has 9 heteroatoms. The van der Waals surface area contributed by atoms with Crippen molar-refractivity contribution in [3.8, 4) is 0 Å². The molecule has 2 N–H and O–H groups in total. The van der Waals surface area contributed by atoms with Gasteiger partial charge in [0.15, 0.2) is 0 Å². The Bertz CT molecular complexity index is 966. The minimum Gasteiger partial charge on any atom is -0.726 e. The Morgan fingerprint density at radius 1 is 0.673 bits per heavy atom. The number of unbranched alkanes of at least 4 members (excludes halogenated alkanes) is 23. The highest BCUT2D eigenvalue weighted by Crippen LogP contribution is 2.12. The molecule has 0 bridgehead atoms. The lowest BCUT2D eigenvalue weighted by atomic mass is 10.1. The van der Waals surface area contributed by atoms with Gasteiger partial charge in [-0.1, -0.05) is 147 Å². The van der Waals surface area contributed by atoms with E-state index in [1.165, 1.54) is 186 Å². The van der Waals surface area contributed by atoms with Crippen molar-refractivity contribution in [2.24, 2.45) is 0 Å². The standard InChI is InChI=1S/C23H44N2.C19H37NO.CH4O4S/c1-3-5-6-7-8-9-10-11-12-13-14-15-16-17-18-19-20-23-24-21-22-25(23)4-2;1-3-4-5-6-7-8-9-10-11-12-13-14-15-16-17-18-19(21)20-2;1-5-6(2,3)4/h11-12H,3-10,13-22H2,1-2H3;10-11H,3-9,12-18H2,1-2H3,(H,20,21);1H3,(H,2,3,4)/b12-11-;11-10-;. The van der Waals surface area contributed by atoms with Crippen LogP contribution in [0.3, 0.4) is 0 Å². The Kier molecular flexibility index (Phi) is 42.4. The van der Waals surface area contributed by atoms with Crippen molar-refractivity contribution < 1.29 is 26.5 Å². The molecule has 0 fully saturated rings. The number of hydrogen-bond acceptors (Lipinski definition) is 6. The molecule has 8 nitrogen and oxygen atoms in total. The van der Waals surface area contributed by atoms with E-state index in [1.54, 1.807) is 7.05 Å². The Labute approximate surface area is 323 Å². The van der Waals surface area contributed by atoms with E-state index in [2.05, 4.69) is 64.5 Å². The number of rotatable bonds is 33. The van der Waals surface area contributed by atoms with Crippen LogP contribution < -0.4 is 10.6 Å². The number of amides is 1. The molecule has 1 heterocycles. The van der Waals surface area contributed by atoms with E-state index in [-0.39, 0.29) is 5.91 Å². The third-order valence-corrected chi connectivity index (χ3v) is 9.96. The normalized spacial score (nSPS) is 12.9. The largest absolute Gasteiger partial charge is 0.726 e. The second-order valence-electron chi connectivity index (χ2n) is 14.2. The maximum absolute atomic E-state index is 11.0. The minimum absolute atomic E-state index is 0.174. The first kappa shape index (κ1) is 52.4. The van der Waals surface area contributed by atoms with Gasteiger partial charge < -0.3 is 9.87 Å². The molecule has 1 aliphatic rings. The molecule has 0 aromatic heterocycles. The van der Waals surface area contributed by atoms with Gasteiger partial charge in [0, 0.05) is 19.9 Å². The lowest BCUT2D eigenvalue weighted by Crippen LogP contribution is -2.22. The summed E-state index contributed by atoms with van der Waals surface area (Å²) in [6, 6.07) is 0. The van der Waals surface area contributed by atoms with Crippen LogP contribution in [0.15, 0.2) is 24.3 Å². The number of likely N-dealkylation sites (N-methyl/N-ethyl adjacent to an activating group) is 1. The molecule has 0 unspecified atom stereocenters. The number of nitrogens with one attached hydrogen (secondary N) is 2. The summed E-state index contributed by atoms with van der Waals surface area (Å²) in [5.74, 6) is 1.67. The fourth-order valence-corrected chi connectivity index (χ4v) is 6.20. The van der Waals surface area contributed by atoms with E-state index in [4.69, 9.17) is 0 Å². The van der Waals surface area contributed by atoms with Gasteiger partial charge in [-0.3, -0.25) is 18.9 Å². The molecule has 0 atom stereocenters. The van der Waals surface area contributed by atoms with Crippen LogP contribution in [0.2, 0.25) is 0 Å². The molecule has 1 aliphatic heterocycles. The van der Waals surface area contributed by atoms with E-state index in [1.807, 2.05) is 0 Å². The fraction of sp³-hybridized carbons (Fsp3) is 0.860. The summed E-state index contributed by atoms with van der Waals surface area (Å²) >= 11 is 0. The Balaban J connectivity index is 0. The summed E-state index contributed by atoms with van der Waals surface area (Å²) in [5, 5.41) is 6.21. The number of nitrogens with zero attached hydrogens (tertiary/aromatic N) is 1. The average molecular weight is 756 g/mol. The molecule has 0 aromatic carbocycles. The smallest absolute Gasteiger partial charge is 0.244 e. The summed E-state index contributed by atoms with van der Waals surface area (Å²) in [4.78, 5) is 11.0. The molecule has 0 aliphatic carbocycles. The second kappa shape index (κ2) is 42.0. The van der Waals surface area contributed by atoms with Crippen LogP contribution in [-0.4, -0.2) is 63.1 Å². The molecule has 308 valence electrons. The molecule has 0 radical (unpaired) electrons. The van der Waals surface area contributed by atoms with E-state index in [9.17, 15) is 17.8 Å². The number of amidine groups is 1. The lowest BCUT2D eigenvalue weighted by molar-refractivity contribution is -0.515. The molecule has 52 heavy (non-hydrogen) atoms. The molecular weight excluding hydrogens is 671 g/mol. The van der Waals surface area contributed by atoms with Crippen molar-refractivity contribution in [3.63, 3.8) is 0 Å². The summed E-state index contributed by atoms with van der Waals surface area (Å²) in [7, 11) is -1.90. The number of hydrogen-bond donors (Lipinski definition) is 2. The predicted octanol–water partition coefficient (Wildman–Crippen LogP) is 11.3. The van der Waals surface area contributed by atoms with Gasteiger partial charge in [0.1, 0.15) is 13.1 Å². The SMILES string of the molecule is CCCCCCCC/C=C\CCCCCCCC(=O)NC.CCCCCCCC/C=C\CCCCCCCCC1=[N+](CC)CCN1.COS(=O)(=O)[O-]. The molecule has 0 saturated heterocycles. The van der Waals surface area contributed by atoms with E-state index in [0.29, 0.717) is 6.42 Å². The molecular formula is C43H85N3O5S. The highest BCUT2D eigenvalue weighted by molar-refractivity contribution is 7.80. The zero-order valence-corrected chi connectivity index (χ0v) is 35.7. The maximum atomic E-state index is 11.0. The summed E-state index contributed by atoms with van der Waals surface area (Å²) < 4.78 is 33.5. The number of carbonyl (C=O) groups excluding carboxylic acids is 1. The van der Waals surface area contributed by atoms with Gasteiger partial charge in [0.25, 0.3) is 0 Å². The molecule has 1 rings (SSSR count). The maximum Gasteiger partial charge on any atom is 0.244 e. The number of allylic oxidation sites excluding steroid dienone is 4. The Morgan fingerprint density at radius 3 is 1.40 bits per heavy atom. The van der Waals surface area contributed by atoms with Crippen molar-refractivity contribution >= 4 is 22.1 Å². The average Bonchev–Trinajstić information content (AvgIpc) is 3.60. The quantitative estimate of drug-likeness (QED) is 0.0227. The lowest BCUT2D eigenvalue weighted by Gasteiger charge is -2.02. The molecule has 0 aromatic rings. The van der Waals surface area contributed by atoms with Crippen LogP contribution in [0.5, 0.6) is 0 Å². The van der Waals surface area contributed by atoms with E-state index < -0.39 is 10.4 Å². The molecule has 0 spiro atoms. The summed E-state index contributed by atoms with van der Waals surface area (Å²) in [6.45, 7) is 10.3. The van der Waals surface area contributed by atoms with Crippen LogP contribution in [-0.2, 0) is 19.4 Å². The predicted molar refractivity (Wildman–Crippen MR) is 223 cm³/mol. The van der Waals surface area contributed by atoms with E-state index in [0.717, 1.165) is 26.6 Å². The van der Waals surface area contributed by atoms with Crippen LogP contribution in [0.4, 0.5) is 0 Å². The highest BCUT2D eigenvalue weighted by atomic mass is 32.3. The zero-order valence-electron chi connectivity index (χ0n) is 34.8. The second-order valence-corrected chi connectivity index (χ2v) is 15.4. The third kappa shape index (κ3) is 42.7. The van der Waals surface area contributed by atoms with Gasteiger partial charge >= 0.3 is 0 Å². The van der Waals surface area contributed by atoms with Gasteiger partial charge in [0.05, 0.1) is 13.7 Å². The summed E-state index contributed by atoms with van der Waals surface area (Å²) in [5.41, 5.74) is 0. The van der Waals surface area contributed by atoms with Gasteiger partial charge in [0.2, 0.25) is 22.1 Å². The van der Waals surface area contributed by atoms with Gasteiger partial charge in [-0.2, -0.15) is 0 Å². The molecule has 0 saturated carbocycles. The third-order valence-electron chi connectivity index (χ3n) is 9.55. The van der Waals surface area contributed by atoms with Crippen molar-refractivity contribution in [2.45, 2.75) is 207 Å². The Hall–Kier alpha value is -1.71. The van der Waals surface area contributed by atoms with Crippen LogP contribution in [0, 0.1) is 0 Å². The van der Waals surface area contributed by atoms with Crippen LogP contribution >= 0.6 is 0 Å². The molecule has 1 amide bonds.